The van der Waals surface area contributed by atoms with Gasteiger partial charge in [-0.25, -0.2) is 4.98 Å². The van der Waals surface area contributed by atoms with Crippen LogP contribution in [0.4, 0.5) is 0 Å². The lowest BCUT2D eigenvalue weighted by molar-refractivity contribution is -0.127. The van der Waals surface area contributed by atoms with E-state index in [1.807, 2.05) is 25.1 Å². The van der Waals surface area contributed by atoms with Crippen LogP contribution in [0.1, 0.15) is 23.5 Å². The predicted molar refractivity (Wildman–Crippen MR) is 91.4 cm³/mol. The second-order valence-electron chi connectivity index (χ2n) is 6.66. The largest absolute Gasteiger partial charge is 0.492 e. The number of benzene rings is 1. The van der Waals surface area contributed by atoms with Gasteiger partial charge in [-0.1, -0.05) is 11.6 Å². The van der Waals surface area contributed by atoms with Gasteiger partial charge in [-0.3, -0.25) is 4.79 Å². The molecule has 0 bridgehead atoms. The monoisotopic (exact) mass is 345 g/mol. The third kappa shape index (κ3) is 3.00. The molecule has 2 aliphatic rings. The molecule has 0 radical (unpaired) electrons. The lowest BCUT2D eigenvalue weighted by Gasteiger charge is -2.29. The summed E-state index contributed by atoms with van der Waals surface area (Å²) in [4.78, 5) is 17.1. The maximum absolute atomic E-state index is 12.6. The third-order valence-electron chi connectivity index (χ3n) is 4.76. The van der Waals surface area contributed by atoms with E-state index in [2.05, 4.69) is 21.1 Å². The fourth-order valence-corrected chi connectivity index (χ4v) is 3.75. The van der Waals surface area contributed by atoms with Gasteiger partial charge >= 0.3 is 0 Å². The molecule has 1 amide bonds. The maximum Gasteiger partial charge on any atom is 0.227 e. The number of nitrogens with zero attached hydrogens (tertiary/aromatic N) is 2. The number of halogens is 1. The summed E-state index contributed by atoms with van der Waals surface area (Å²) in [6.07, 6.45) is 4.55. The second kappa shape index (κ2) is 6.13. The quantitative estimate of drug-likeness (QED) is 0.910. The Labute approximate surface area is 146 Å². The normalized spacial score (nSPS) is 22.2. The first-order valence-electron chi connectivity index (χ1n) is 8.33. The van der Waals surface area contributed by atoms with Gasteiger partial charge in [-0.05, 0) is 43.5 Å². The Kier molecular flexibility index (Phi) is 3.96. The van der Waals surface area contributed by atoms with Crippen LogP contribution in [0.5, 0.6) is 5.75 Å². The lowest BCUT2D eigenvalue weighted by atomic mass is 9.95. The van der Waals surface area contributed by atoms with Crippen molar-refractivity contribution in [3.05, 3.63) is 46.5 Å². The summed E-state index contributed by atoms with van der Waals surface area (Å²) in [5.74, 6) is 1.84. The topological polar surface area (TPSA) is 56.2 Å². The minimum atomic E-state index is -0.165. The molecule has 1 aromatic heterocycles. The van der Waals surface area contributed by atoms with Gasteiger partial charge < -0.3 is 14.6 Å². The average Bonchev–Trinajstić information content (AvgIpc) is 2.93. The maximum atomic E-state index is 12.6. The number of rotatable bonds is 2. The van der Waals surface area contributed by atoms with Crippen LogP contribution in [0.25, 0.3) is 0 Å². The number of aromatic nitrogens is 2. The summed E-state index contributed by atoms with van der Waals surface area (Å²) in [6.45, 7) is 3.21. The van der Waals surface area contributed by atoms with Gasteiger partial charge in [0.25, 0.3) is 0 Å². The number of hydrogen-bond donors (Lipinski definition) is 1. The number of aryl methyl sites for hydroxylation is 2. The number of carbonyl (C=O) groups is 1. The summed E-state index contributed by atoms with van der Waals surface area (Å²) >= 11 is 6.04. The summed E-state index contributed by atoms with van der Waals surface area (Å²) in [6, 6.07) is 5.72. The van der Waals surface area contributed by atoms with Crippen molar-refractivity contribution in [1.82, 2.24) is 14.9 Å². The Balaban J connectivity index is 1.40. The Bertz CT molecular complexity index is 787. The zero-order chi connectivity index (χ0) is 16.7. The van der Waals surface area contributed by atoms with Crippen LogP contribution in [0.2, 0.25) is 5.02 Å². The Morgan fingerprint density at radius 2 is 2.33 bits per heavy atom. The number of nitrogens with one attached hydrogen (secondary N) is 1. The summed E-state index contributed by atoms with van der Waals surface area (Å²) in [7, 11) is 0. The highest BCUT2D eigenvalue weighted by atomic mass is 35.5. The summed E-state index contributed by atoms with van der Waals surface area (Å²) in [5, 5.41) is 3.86. The highest BCUT2D eigenvalue weighted by molar-refractivity contribution is 6.30. The molecule has 2 aromatic rings. The van der Waals surface area contributed by atoms with Gasteiger partial charge in [0.1, 0.15) is 18.2 Å². The molecule has 0 fully saturated rings. The molecule has 3 heterocycles. The van der Waals surface area contributed by atoms with Crippen LogP contribution in [-0.4, -0.2) is 28.1 Å². The van der Waals surface area contributed by atoms with Crippen LogP contribution >= 0.6 is 11.6 Å². The molecule has 1 N–H and O–H groups in total. The van der Waals surface area contributed by atoms with Crippen molar-refractivity contribution < 1.29 is 9.53 Å². The van der Waals surface area contributed by atoms with Gasteiger partial charge in [0, 0.05) is 30.2 Å². The number of carbonyl (C=O) groups excluding carboxylic acids is 1. The zero-order valence-corrected chi connectivity index (χ0v) is 14.3. The molecule has 0 saturated heterocycles. The Hall–Kier alpha value is -2.01. The van der Waals surface area contributed by atoms with Crippen LogP contribution < -0.4 is 10.1 Å². The van der Waals surface area contributed by atoms with Gasteiger partial charge in [-0.2, -0.15) is 0 Å². The fraction of sp³-hybridized carbons (Fsp3) is 0.444. The molecule has 5 nitrogen and oxygen atoms in total. The van der Waals surface area contributed by atoms with Crippen molar-refractivity contribution in [3.8, 4) is 5.75 Å². The average molecular weight is 346 g/mol. The minimum absolute atomic E-state index is 0.0610. The van der Waals surface area contributed by atoms with E-state index < -0.39 is 0 Å². The van der Waals surface area contributed by atoms with Crippen molar-refractivity contribution in [1.29, 1.82) is 0 Å². The van der Waals surface area contributed by atoms with Crippen molar-refractivity contribution in [2.75, 3.05) is 6.61 Å². The number of amides is 1. The molecule has 2 unspecified atom stereocenters. The number of fused-ring (bicyclic) bond motifs is 2. The van der Waals surface area contributed by atoms with E-state index in [-0.39, 0.29) is 17.9 Å². The number of ether oxygens (including phenoxy) is 1. The van der Waals surface area contributed by atoms with Gasteiger partial charge in [-0.15, -0.1) is 0 Å². The summed E-state index contributed by atoms with van der Waals surface area (Å²) < 4.78 is 7.88. The molecule has 1 aromatic carbocycles. The highest BCUT2D eigenvalue weighted by Crippen LogP contribution is 2.30. The zero-order valence-electron chi connectivity index (χ0n) is 13.6. The van der Waals surface area contributed by atoms with Crippen LogP contribution in [0.3, 0.4) is 0 Å². The second-order valence-corrected chi connectivity index (χ2v) is 7.10. The minimum Gasteiger partial charge on any atom is -0.492 e. The molecular weight excluding hydrogens is 326 g/mol. The third-order valence-corrected chi connectivity index (χ3v) is 4.99. The van der Waals surface area contributed by atoms with E-state index in [4.69, 9.17) is 16.3 Å². The van der Waals surface area contributed by atoms with Gasteiger partial charge in [0.2, 0.25) is 5.91 Å². The standard InChI is InChI=1S/C18H20ClN3O2/c1-11-8-22-9-15(3-5-17(22)20-11)21-18(23)13-6-12-7-14(19)2-4-16(12)24-10-13/h2,4,7-8,13,15H,3,5-6,9-10H2,1H3,(H,21,23). The van der Waals surface area contributed by atoms with E-state index in [0.29, 0.717) is 18.1 Å². The predicted octanol–water partition coefficient (Wildman–Crippen LogP) is 2.53. The van der Waals surface area contributed by atoms with Crippen molar-refractivity contribution >= 4 is 17.5 Å². The molecule has 0 spiro atoms. The van der Waals surface area contributed by atoms with Crippen molar-refractivity contribution in [2.45, 2.75) is 38.8 Å². The SMILES string of the molecule is Cc1cn2c(n1)CCC(NC(=O)C1COc3ccc(Cl)cc3C1)C2. The summed E-state index contributed by atoms with van der Waals surface area (Å²) in [5.41, 5.74) is 2.04. The molecule has 6 heteroatoms. The van der Waals surface area contributed by atoms with E-state index in [0.717, 1.165) is 42.2 Å². The Morgan fingerprint density at radius 3 is 3.21 bits per heavy atom. The van der Waals surface area contributed by atoms with E-state index in [9.17, 15) is 4.79 Å². The first-order chi connectivity index (χ1) is 11.6. The van der Waals surface area contributed by atoms with Gasteiger partial charge in [0.05, 0.1) is 11.6 Å². The molecule has 126 valence electrons. The molecular formula is C18H20ClN3O2. The number of imidazole rings is 1. The van der Waals surface area contributed by atoms with Crippen LogP contribution in [-0.2, 0) is 24.2 Å². The highest BCUT2D eigenvalue weighted by Gasteiger charge is 2.29. The fourth-order valence-electron chi connectivity index (χ4n) is 3.55. The first kappa shape index (κ1) is 15.5. The van der Waals surface area contributed by atoms with Crippen LogP contribution in [0, 0.1) is 12.8 Å². The van der Waals surface area contributed by atoms with E-state index >= 15 is 0 Å². The Morgan fingerprint density at radius 1 is 1.46 bits per heavy atom. The molecule has 0 saturated carbocycles. The number of hydrogen-bond acceptors (Lipinski definition) is 3. The van der Waals surface area contributed by atoms with Crippen molar-refractivity contribution in [2.24, 2.45) is 5.92 Å². The smallest absolute Gasteiger partial charge is 0.227 e. The molecule has 2 aliphatic heterocycles. The van der Waals surface area contributed by atoms with E-state index in [1.165, 1.54) is 0 Å². The molecule has 2 atom stereocenters. The van der Waals surface area contributed by atoms with Gasteiger partial charge in [0.15, 0.2) is 0 Å². The molecule has 4 rings (SSSR count). The molecule has 0 aliphatic carbocycles. The molecule has 24 heavy (non-hydrogen) atoms. The van der Waals surface area contributed by atoms with E-state index in [1.54, 1.807) is 0 Å². The first-order valence-corrected chi connectivity index (χ1v) is 8.70. The lowest BCUT2D eigenvalue weighted by Crippen LogP contribution is -2.46. The van der Waals surface area contributed by atoms with Crippen LogP contribution in [0.15, 0.2) is 24.4 Å². The van der Waals surface area contributed by atoms with Crippen molar-refractivity contribution in [3.63, 3.8) is 0 Å².